The molecule has 1 N–H and O–H groups in total. The van der Waals surface area contributed by atoms with Crippen molar-refractivity contribution >= 4 is 24.2 Å². The molecule has 7 nitrogen and oxygen atoms in total. The van der Waals surface area contributed by atoms with E-state index in [0.717, 1.165) is 19.2 Å². The Morgan fingerprint density at radius 2 is 1.96 bits per heavy atom. The van der Waals surface area contributed by atoms with Gasteiger partial charge in [-0.25, -0.2) is 0 Å². The first kappa shape index (κ1) is 24.6. The molecule has 1 spiro atoms. The highest BCUT2D eigenvalue weighted by Crippen LogP contribution is 2.33. The maximum absolute atomic E-state index is 10.6. The summed E-state index contributed by atoms with van der Waals surface area (Å²) in [4.78, 5) is 23.4. The molecule has 160 valence electrons. The predicted octanol–water partition coefficient (Wildman–Crippen LogP) is 2.71. The van der Waals surface area contributed by atoms with E-state index in [1.807, 2.05) is 34.6 Å². The molecule has 1 aromatic rings. The molecule has 3 rings (SSSR count). The van der Waals surface area contributed by atoms with Crippen LogP contribution in [0.5, 0.6) is 0 Å². The van der Waals surface area contributed by atoms with Crippen LogP contribution in [0.15, 0.2) is 11.4 Å². The highest BCUT2D eigenvalue weighted by atomic mass is 32.1. The van der Waals surface area contributed by atoms with Crippen molar-refractivity contribution in [3.8, 4) is 0 Å². The molecule has 28 heavy (non-hydrogen) atoms. The molecule has 2 aliphatic heterocycles. The molecule has 1 atom stereocenters. The summed E-state index contributed by atoms with van der Waals surface area (Å²) in [6, 6.07) is 2.31. The van der Waals surface area contributed by atoms with E-state index >= 15 is 0 Å². The van der Waals surface area contributed by atoms with Crippen molar-refractivity contribution in [1.29, 1.82) is 0 Å². The van der Waals surface area contributed by atoms with E-state index in [-0.39, 0.29) is 11.6 Å². The summed E-state index contributed by atoms with van der Waals surface area (Å²) in [5.74, 6) is -0.472. The van der Waals surface area contributed by atoms with Gasteiger partial charge in [-0.1, -0.05) is 0 Å². The van der Waals surface area contributed by atoms with Crippen LogP contribution in [0.25, 0.3) is 0 Å². The van der Waals surface area contributed by atoms with E-state index < -0.39 is 5.79 Å². The Morgan fingerprint density at radius 3 is 2.36 bits per heavy atom. The molecule has 2 aliphatic rings. The number of nitrogens with one attached hydrogen (secondary N) is 1. The summed E-state index contributed by atoms with van der Waals surface area (Å²) in [7, 11) is 1.71. The fourth-order valence-corrected chi connectivity index (χ4v) is 3.46. The zero-order chi connectivity index (χ0) is 21.2. The second kappa shape index (κ2) is 11.5. The summed E-state index contributed by atoms with van der Waals surface area (Å²) in [5, 5.41) is 4.68. The molecule has 2 fully saturated rings. The van der Waals surface area contributed by atoms with Crippen LogP contribution < -0.4 is 5.32 Å². The van der Waals surface area contributed by atoms with Crippen molar-refractivity contribution in [2.75, 3.05) is 26.9 Å². The van der Waals surface area contributed by atoms with Crippen molar-refractivity contribution in [3.05, 3.63) is 21.9 Å². The lowest BCUT2D eigenvalue weighted by atomic mass is 10.2. The first-order chi connectivity index (χ1) is 13.1. The molecule has 0 bridgehead atoms. The quantitative estimate of drug-likeness (QED) is 0.767. The van der Waals surface area contributed by atoms with E-state index in [9.17, 15) is 9.59 Å². The van der Waals surface area contributed by atoms with Gasteiger partial charge in [0.1, 0.15) is 0 Å². The Labute approximate surface area is 172 Å². The lowest BCUT2D eigenvalue weighted by molar-refractivity contribution is -0.148. The third-order valence-corrected chi connectivity index (χ3v) is 5.36. The maximum Gasteiger partial charge on any atom is 0.210 e. The summed E-state index contributed by atoms with van der Waals surface area (Å²) >= 11 is 1.67. The summed E-state index contributed by atoms with van der Waals surface area (Å²) < 4.78 is 15.9. The van der Waals surface area contributed by atoms with Gasteiger partial charge >= 0.3 is 0 Å². The Bertz CT molecular complexity index is 594. The second-order valence-corrected chi connectivity index (χ2v) is 8.84. The third-order valence-electron chi connectivity index (χ3n) is 4.30. The maximum atomic E-state index is 10.6. The highest BCUT2D eigenvalue weighted by Gasteiger charge is 2.46. The topological polar surface area (TPSA) is 77.1 Å². The van der Waals surface area contributed by atoms with Crippen LogP contribution in [0.3, 0.4) is 0 Å². The Morgan fingerprint density at radius 1 is 1.36 bits per heavy atom. The van der Waals surface area contributed by atoms with Crippen LogP contribution in [-0.2, 0) is 30.3 Å². The molecule has 2 saturated heterocycles. The second-order valence-electron chi connectivity index (χ2n) is 7.84. The summed E-state index contributed by atoms with van der Waals surface area (Å²) in [5.41, 5.74) is 1.30. The van der Waals surface area contributed by atoms with Gasteiger partial charge in [-0.15, -0.1) is 11.3 Å². The molecule has 0 aromatic carbocycles. The van der Waals surface area contributed by atoms with Gasteiger partial charge in [0.05, 0.1) is 31.9 Å². The summed E-state index contributed by atoms with van der Waals surface area (Å²) in [6.07, 6.45) is 2.38. The van der Waals surface area contributed by atoms with E-state index in [0.29, 0.717) is 26.3 Å². The van der Waals surface area contributed by atoms with Crippen LogP contribution >= 0.6 is 11.3 Å². The van der Waals surface area contributed by atoms with Gasteiger partial charge in [-0.05, 0) is 51.6 Å². The molecule has 8 heteroatoms. The minimum absolute atomic E-state index is 0.0417. The number of nitrogens with zero attached hydrogens (tertiary/aromatic N) is 1. The number of methoxy groups -OCH3 is 1. The molecule has 3 heterocycles. The number of likely N-dealkylation sites (tertiary alicyclic amines) is 1. The van der Waals surface area contributed by atoms with E-state index in [4.69, 9.17) is 14.2 Å². The van der Waals surface area contributed by atoms with Crippen LogP contribution in [0.1, 0.15) is 44.6 Å². The molecule has 2 amide bonds. The number of aryl methyl sites for hydroxylation is 1. The zero-order valence-electron chi connectivity index (χ0n) is 17.8. The number of hydrogen-bond acceptors (Lipinski definition) is 6. The summed E-state index contributed by atoms with van der Waals surface area (Å²) in [6.45, 7) is 12.7. The van der Waals surface area contributed by atoms with Crippen molar-refractivity contribution in [2.24, 2.45) is 0 Å². The number of amides is 2. The number of hydrogen-bond donors (Lipinski definition) is 1. The average Bonchev–Trinajstić information content (AvgIpc) is 3.35. The molecule has 1 aromatic heterocycles. The van der Waals surface area contributed by atoms with Crippen LogP contribution in [0.4, 0.5) is 0 Å². The molecule has 0 radical (unpaired) electrons. The van der Waals surface area contributed by atoms with E-state index in [2.05, 4.69) is 16.8 Å². The number of carbonyl (C=O) groups excluding carboxylic acids is 2. The average molecular weight is 415 g/mol. The number of rotatable bonds is 4. The zero-order valence-corrected chi connectivity index (χ0v) is 18.6. The van der Waals surface area contributed by atoms with Gasteiger partial charge in [-0.3, -0.25) is 9.59 Å². The SMILES string of the molecule is CC1CC2(CN1C=O)OCCO2.COC(C)(C)C.Cc1csc(CNC=O)c1. The third kappa shape index (κ3) is 8.68. The van der Waals surface area contributed by atoms with Crippen molar-refractivity contribution < 1.29 is 23.8 Å². The fourth-order valence-electron chi connectivity index (χ4n) is 2.64. The van der Waals surface area contributed by atoms with Gasteiger partial charge in [0, 0.05) is 24.4 Å². The molecule has 0 aliphatic carbocycles. The van der Waals surface area contributed by atoms with Gasteiger partial charge in [-0.2, -0.15) is 0 Å². The van der Waals surface area contributed by atoms with Gasteiger partial charge in [0.15, 0.2) is 5.79 Å². The van der Waals surface area contributed by atoms with E-state index in [1.165, 1.54) is 10.4 Å². The Balaban J connectivity index is 0.000000223. The lowest BCUT2D eigenvalue weighted by Crippen LogP contribution is -2.33. The Hall–Kier alpha value is -1.48. The van der Waals surface area contributed by atoms with Crippen molar-refractivity contribution in [3.63, 3.8) is 0 Å². The van der Waals surface area contributed by atoms with Crippen molar-refractivity contribution in [2.45, 2.75) is 65.0 Å². The largest absolute Gasteiger partial charge is 0.379 e. The standard InChI is InChI=1S/C8H13NO3.C7H9NOS.C5H12O/c1-7-4-8(5-9(7)6-10)11-2-3-12-8;1-6-2-7(10-4-6)3-8-5-9;1-5(2,3)6-4/h6-7H,2-5H2,1H3;2,4-5H,3H2,1H3,(H,8,9);1-4H3. The molecular formula is C20H34N2O5S. The Kier molecular flexibility index (Phi) is 10.1. The fraction of sp³-hybridized carbons (Fsp3) is 0.700. The van der Waals surface area contributed by atoms with Gasteiger partial charge < -0.3 is 24.4 Å². The van der Waals surface area contributed by atoms with Crippen molar-refractivity contribution in [1.82, 2.24) is 10.2 Å². The first-order valence-electron chi connectivity index (χ1n) is 9.40. The number of carbonyl (C=O) groups is 2. The minimum Gasteiger partial charge on any atom is -0.379 e. The number of ether oxygens (including phenoxy) is 3. The van der Waals surface area contributed by atoms with Crippen LogP contribution in [-0.4, -0.2) is 62.0 Å². The molecular weight excluding hydrogens is 380 g/mol. The smallest absolute Gasteiger partial charge is 0.210 e. The molecule has 0 saturated carbocycles. The van der Waals surface area contributed by atoms with Gasteiger partial charge in [0.2, 0.25) is 12.8 Å². The minimum atomic E-state index is -0.472. The molecule has 1 unspecified atom stereocenters. The normalized spacial score (nSPS) is 20.1. The highest BCUT2D eigenvalue weighted by molar-refractivity contribution is 7.10. The van der Waals surface area contributed by atoms with E-state index in [1.54, 1.807) is 23.3 Å². The monoisotopic (exact) mass is 414 g/mol. The van der Waals surface area contributed by atoms with Crippen LogP contribution in [0, 0.1) is 6.92 Å². The van der Waals surface area contributed by atoms with Crippen LogP contribution in [0.2, 0.25) is 0 Å². The predicted molar refractivity (Wildman–Crippen MR) is 110 cm³/mol. The first-order valence-corrected chi connectivity index (χ1v) is 10.3. The lowest BCUT2D eigenvalue weighted by Gasteiger charge is -2.20. The van der Waals surface area contributed by atoms with Gasteiger partial charge in [0.25, 0.3) is 0 Å². The number of thiophene rings is 1.